The molecule has 0 saturated carbocycles. The maximum absolute atomic E-state index is 11.7. The van der Waals surface area contributed by atoms with Crippen LogP contribution in [0.15, 0.2) is 24.3 Å². The van der Waals surface area contributed by atoms with Crippen molar-refractivity contribution in [3.05, 3.63) is 29.3 Å². The number of aliphatic hydroxyl groups excluding tert-OH is 1. The number of rotatable bonds is 5. The fourth-order valence-electron chi connectivity index (χ4n) is 1.12. The zero-order valence-electron chi connectivity index (χ0n) is 8.94. The van der Waals surface area contributed by atoms with E-state index in [0.717, 1.165) is 0 Å². The van der Waals surface area contributed by atoms with Crippen molar-refractivity contribution in [2.45, 2.75) is 12.2 Å². The predicted octanol–water partition coefficient (Wildman–Crippen LogP) is 2.39. The Kier molecular flexibility index (Phi) is 5.66. The number of carbonyl (C=O) groups is 1. The van der Waals surface area contributed by atoms with Crippen LogP contribution in [0.25, 0.3) is 0 Å². The van der Waals surface area contributed by atoms with E-state index in [4.69, 9.17) is 16.7 Å². The second kappa shape index (κ2) is 6.78. The monoisotopic (exact) mass is 259 g/mol. The SMILES string of the molecule is CC(SCCO)C(=O)Nc1cccc(Cl)c1. The summed E-state index contributed by atoms with van der Waals surface area (Å²) in [5, 5.41) is 11.8. The third-order valence-corrected chi connectivity index (χ3v) is 3.29. The van der Waals surface area contributed by atoms with E-state index < -0.39 is 0 Å². The Balaban J connectivity index is 2.50. The molecular weight excluding hydrogens is 246 g/mol. The van der Waals surface area contributed by atoms with E-state index in [2.05, 4.69) is 5.32 Å². The summed E-state index contributed by atoms with van der Waals surface area (Å²) in [7, 11) is 0. The predicted molar refractivity (Wildman–Crippen MR) is 69.1 cm³/mol. The summed E-state index contributed by atoms with van der Waals surface area (Å²) >= 11 is 7.21. The molecule has 0 aliphatic carbocycles. The molecular formula is C11H14ClNO2S. The average Bonchev–Trinajstić information content (AvgIpc) is 2.25. The second-order valence-corrected chi connectivity index (χ2v) is 5.12. The third kappa shape index (κ3) is 4.43. The van der Waals surface area contributed by atoms with Crippen molar-refractivity contribution in [3.63, 3.8) is 0 Å². The number of thioether (sulfide) groups is 1. The molecule has 0 bridgehead atoms. The van der Waals surface area contributed by atoms with E-state index in [-0.39, 0.29) is 17.8 Å². The summed E-state index contributed by atoms with van der Waals surface area (Å²) < 4.78 is 0. The molecule has 0 saturated heterocycles. The number of halogens is 1. The summed E-state index contributed by atoms with van der Waals surface area (Å²) in [6.45, 7) is 1.89. The van der Waals surface area contributed by atoms with Crippen molar-refractivity contribution >= 4 is 35.0 Å². The second-order valence-electron chi connectivity index (χ2n) is 3.24. The van der Waals surface area contributed by atoms with E-state index in [0.29, 0.717) is 16.5 Å². The van der Waals surface area contributed by atoms with Gasteiger partial charge in [-0.1, -0.05) is 17.7 Å². The van der Waals surface area contributed by atoms with E-state index in [1.54, 1.807) is 31.2 Å². The van der Waals surface area contributed by atoms with Crippen LogP contribution in [0.5, 0.6) is 0 Å². The molecule has 1 aromatic rings. The lowest BCUT2D eigenvalue weighted by molar-refractivity contribution is -0.115. The van der Waals surface area contributed by atoms with Gasteiger partial charge in [0.25, 0.3) is 0 Å². The summed E-state index contributed by atoms with van der Waals surface area (Å²) in [5.41, 5.74) is 0.689. The van der Waals surface area contributed by atoms with Crippen LogP contribution in [-0.4, -0.2) is 28.6 Å². The maximum Gasteiger partial charge on any atom is 0.237 e. The number of anilines is 1. The molecule has 0 radical (unpaired) electrons. The number of hydrogen-bond acceptors (Lipinski definition) is 3. The molecule has 5 heteroatoms. The van der Waals surface area contributed by atoms with Gasteiger partial charge in [-0.2, -0.15) is 0 Å². The van der Waals surface area contributed by atoms with Gasteiger partial charge in [-0.15, -0.1) is 11.8 Å². The number of hydrogen-bond donors (Lipinski definition) is 2. The minimum Gasteiger partial charge on any atom is -0.396 e. The van der Waals surface area contributed by atoms with Gasteiger partial charge >= 0.3 is 0 Å². The molecule has 16 heavy (non-hydrogen) atoms. The van der Waals surface area contributed by atoms with Crippen molar-refractivity contribution in [2.24, 2.45) is 0 Å². The van der Waals surface area contributed by atoms with Crippen LogP contribution in [-0.2, 0) is 4.79 Å². The highest BCUT2D eigenvalue weighted by molar-refractivity contribution is 8.00. The molecule has 0 aromatic heterocycles. The van der Waals surface area contributed by atoms with Gasteiger partial charge in [0.1, 0.15) is 0 Å². The van der Waals surface area contributed by atoms with Crippen LogP contribution in [0, 0.1) is 0 Å². The van der Waals surface area contributed by atoms with Crippen LogP contribution in [0.2, 0.25) is 5.02 Å². The summed E-state index contributed by atoms with van der Waals surface area (Å²) in [4.78, 5) is 11.7. The van der Waals surface area contributed by atoms with E-state index >= 15 is 0 Å². The van der Waals surface area contributed by atoms with Gasteiger partial charge in [0, 0.05) is 16.5 Å². The highest BCUT2D eigenvalue weighted by atomic mass is 35.5. The molecule has 1 atom stereocenters. The lowest BCUT2D eigenvalue weighted by Gasteiger charge is -2.11. The smallest absolute Gasteiger partial charge is 0.237 e. The molecule has 1 aromatic carbocycles. The summed E-state index contributed by atoms with van der Waals surface area (Å²) in [5.74, 6) is 0.477. The van der Waals surface area contributed by atoms with Crippen molar-refractivity contribution in [1.29, 1.82) is 0 Å². The topological polar surface area (TPSA) is 49.3 Å². The molecule has 1 amide bonds. The van der Waals surface area contributed by atoms with Crippen molar-refractivity contribution in [1.82, 2.24) is 0 Å². The largest absolute Gasteiger partial charge is 0.396 e. The first-order chi connectivity index (χ1) is 7.63. The lowest BCUT2D eigenvalue weighted by atomic mass is 10.3. The molecule has 1 unspecified atom stereocenters. The zero-order chi connectivity index (χ0) is 12.0. The van der Waals surface area contributed by atoms with Crippen molar-refractivity contribution in [2.75, 3.05) is 17.7 Å². The molecule has 3 nitrogen and oxygen atoms in total. The van der Waals surface area contributed by atoms with E-state index in [1.165, 1.54) is 11.8 Å². The van der Waals surface area contributed by atoms with E-state index in [1.807, 2.05) is 0 Å². The number of amides is 1. The van der Waals surface area contributed by atoms with Gasteiger partial charge in [-0.05, 0) is 25.1 Å². The molecule has 0 spiro atoms. The Bertz CT molecular complexity index is 360. The minimum atomic E-state index is -0.189. The number of nitrogens with one attached hydrogen (secondary N) is 1. The first-order valence-electron chi connectivity index (χ1n) is 4.92. The molecule has 1 rings (SSSR count). The molecule has 0 heterocycles. The molecule has 88 valence electrons. The Morgan fingerprint density at radius 2 is 2.38 bits per heavy atom. The minimum absolute atomic E-state index is 0.0827. The van der Waals surface area contributed by atoms with Crippen LogP contribution in [0.3, 0.4) is 0 Å². The molecule has 0 aliphatic rings. The van der Waals surface area contributed by atoms with E-state index in [9.17, 15) is 4.79 Å². The average molecular weight is 260 g/mol. The Labute approximate surface area is 104 Å². The van der Waals surface area contributed by atoms with Gasteiger partial charge in [-0.25, -0.2) is 0 Å². The van der Waals surface area contributed by atoms with Crippen LogP contribution < -0.4 is 5.32 Å². The highest BCUT2D eigenvalue weighted by Gasteiger charge is 2.12. The standard InChI is InChI=1S/C11H14ClNO2S/c1-8(16-6-5-14)11(15)13-10-4-2-3-9(12)7-10/h2-4,7-8,14H,5-6H2,1H3,(H,13,15). The maximum atomic E-state index is 11.7. The first-order valence-corrected chi connectivity index (χ1v) is 6.35. The highest BCUT2D eigenvalue weighted by Crippen LogP contribution is 2.17. The van der Waals surface area contributed by atoms with Crippen LogP contribution >= 0.6 is 23.4 Å². The van der Waals surface area contributed by atoms with Gasteiger partial charge in [0.15, 0.2) is 0 Å². The fraction of sp³-hybridized carbons (Fsp3) is 0.364. The summed E-state index contributed by atoms with van der Waals surface area (Å²) in [6.07, 6.45) is 0. The van der Waals surface area contributed by atoms with Crippen molar-refractivity contribution in [3.8, 4) is 0 Å². The Morgan fingerprint density at radius 3 is 3.00 bits per heavy atom. The number of aliphatic hydroxyl groups is 1. The fourth-order valence-corrected chi connectivity index (χ4v) is 1.97. The molecule has 2 N–H and O–H groups in total. The van der Waals surface area contributed by atoms with Gasteiger partial charge in [0.2, 0.25) is 5.91 Å². The van der Waals surface area contributed by atoms with Crippen molar-refractivity contribution < 1.29 is 9.90 Å². The number of benzene rings is 1. The lowest BCUT2D eigenvalue weighted by Crippen LogP contribution is -2.23. The normalized spacial score (nSPS) is 12.2. The van der Waals surface area contributed by atoms with Crippen LogP contribution in [0.4, 0.5) is 5.69 Å². The Hall–Kier alpha value is -0.710. The third-order valence-electron chi connectivity index (χ3n) is 1.92. The first kappa shape index (κ1) is 13.4. The van der Waals surface area contributed by atoms with Gasteiger partial charge in [-0.3, -0.25) is 4.79 Å². The summed E-state index contributed by atoms with van der Waals surface area (Å²) in [6, 6.07) is 7.01. The quantitative estimate of drug-likeness (QED) is 0.854. The van der Waals surface area contributed by atoms with Gasteiger partial charge < -0.3 is 10.4 Å². The van der Waals surface area contributed by atoms with Gasteiger partial charge in [0.05, 0.1) is 11.9 Å². The molecule has 0 fully saturated rings. The van der Waals surface area contributed by atoms with Crippen LogP contribution in [0.1, 0.15) is 6.92 Å². The Morgan fingerprint density at radius 1 is 1.62 bits per heavy atom. The molecule has 0 aliphatic heterocycles. The number of carbonyl (C=O) groups excluding carboxylic acids is 1. The zero-order valence-corrected chi connectivity index (χ0v) is 10.5.